The summed E-state index contributed by atoms with van der Waals surface area (Å²) in [5.74, 6) is 1.19. The van der Waals surface area contributed by atoms with Crippen LogP contribution in [0.25, 0.3) is 0 Å². The van der Waals surface area contributed by atoms with Crippen LogP contribution in [0.1, 0.15) is 25.8 Å². The van der Waals surface area contributed by atoms with Gasteiger partial charge in [-0.1, -0.05) is 11.6 Å². The summed E-state index contributed by atoms with van der Waals surface area (Å²) in [6.07, 6.45) is 0.836. The van der Waals surface area contributed by atoms with E-state index in [-0.39, 0.29) is 0 Å². The van der Waals surface area contributed by atoms with Crippen LogP contribution >= 0.6 is 11.6 Å². The van der Waals surface area contributed by atoms with Gasteiger partial charge in [-0.15, -0.1) is 0 Å². The Morgan fingerprint density at radius 1 is 1.25 bits per heavy atom. The highest BCUT2D eigenvalue weighted by molar-refractivity contribution is 6.32. The molecule has 1 aliphatic heterocycles. The van der Waals surface area contributed by atoms with Crippen LogP contribution in [0.3, 0.4) is 0 Å². The second kappa shape index (κ2) is 4.15. The van der Waals surface area contributed by atoms with E-state index in [2.05, 4.69) is 0 Å². The summed E-state index contributed by atoms with van der Waals surface area (Å²) in [5, 5.41) is 10.4. The van der Waals surface area contributed by atoms with E-state index >= 15 is 0 Å². The van der Waals surface area contributed by atoms with E-state index in [0.29, 0.717) is 29.7 Å². The zero-order valence-corrected chi connectivity index (χ0v) is 10.2. The van der Waals surface area contributed by atoms with Gasteiger partial charge < -0.3 is 14.6 Å². The monoisotopic (exact) mass is 242 g/mol. The molecule has 0 saturated heterocycles. The molecule has 16 heavy (non-hydrogen) atoms. The number of aliphatic hydroxyl groups is 1. The quantitative estimate of drug-likeness (QED) is 0.823. The average molecular weight is 243 g/mol. The minimum atomic E-state index is -0.936. The van der Waals surface area contributed by atoms with Gasteiger partial charge in [0.25, 0.3) is 0 Å². The third kappa shape index (κ3) is 2.25. The van der Waals surface area contributed by atoms with Crippen LogP contribution in [0, 0.1) is 0 Å². The van der Waals surface area contributed by atoms with Crippen LogP contribution in [-0.4, -0.2) is 18.3 Å². The molecule has 0 spiro atoms. The van der Waals surface area contributed by atoms with Crippen molar-refractivity contribution in [3.05, 3.63) is 22.7 Å². The van der Waals surface area contributed by atoms with Crippen LogP contribution in [0.4, 0.5) is 0 Å². The van der Waals surface area contributed by atoms with Crippen molar-refractivity contribution < 1.29 is 14.6 Å². The fourth-order valence-corrected chi connectivity index (χ4v) is 1.85. The van der Waals surface area contributed by atoms with Gasteiger partial charge in [0.15, 0.2) is 11.5 Å². The average Bonchev–Trinajstić information content (AvgIpc) is 2.41. The van der Waals surface area contributed by atoms with Crippen LogP contribution in [0.5, 0.6) is 11.5 Å². The van der Waals surface area contributed by atoms with Gasteiger partial charge in [0.05, 0.1) is 23.8 Å². The molecule has 2 rings (SSSR count). The fraction of sp³-hybridized carbons (Fsp3) is 0.500. The van der Waals surface area contributed by atoms with Gasteiger partial charge in [-0.25, -0.2) is 0 Å². The number of hydrogen-bond donors (Lipinski definition) is 1. The highest BCUT2D eigenvalue weighted by atomic mass is 35.5. The molecule has 88 valence electrons. The molecule has 0 unspecified atom stereocenters. The Morgan fingerprint density at radius 2 is 1.94 bits per heavy atom. The minimum absolute atomic E-state index is 0.483. The van der Waals surface area contributed by atoms with Crippen LogP contribution < -0.4 is 9.47 Å². The molecule has 0 aromatic heterocycles. The smallest absolute Gasteiger partial charge is 0.179 e. The van der Waals surface area contributed by atoms with Crippen molar-refractivity contribution in [2.45, 2.75) is 25.9 Å². The van der Waals surface area contributed by atoms with E-state index in [4.69, 9.17) is 21.1 Å². The molecule has 0 atom stereocenters. The van der Waals surface area contributed by atoms with Crippen molar-refractivity contribution in [1.29, 1.82) is 0 Å². The first kappa shape index (κ1) is 11.6. The van der Waals surface area contributed by atoms with Crippen LogP contribution in [0.2, 0.25) is 5.02 Å². The molecule has 0 aliphatic carbocycles. The number of fused-ring (bicyclic) bond motifs is 1. The number of ether oxygens (including phenoxy) is 2. The van der Waals surface area contributed by atoms with E-state index < -0.39 is 5.60 Å². The van der Waals surface area contributed by atoms with Gasteiger partial charge in [0.1, 0.15) is 0 Å². The van der Waals surface area contributed by atoms with Gasteiger partial charge in [-0.05, 0) is 31.5 Å². The molecule has 0 radical (unpaired) electrons. The zero-order chi connectivity index (χ0) is 11.8. The van der Waals surface area contributed by atoms with Crippen LogP contribution in [-0.2, 0) is 5.60 Å². The van der Waals surface area contributed by atoms with Gasteiger partial charge in [0, 0.05) is 6.42 Å². The number of rotatable bonds is 1. The van der Waals surface area contributed by atoms with Crippen molar-refractivity contribution >= 4 is 11.6 Å². The van der Waals surface area contributed by atoms with E-state index in [1.165, 1.54) is 0 Å². The summed E-state index contributed by atoms with van der Waals surface area (Å²) in [5.41, 5.74) is -0.212. The Kier molecular flexibility index (Phi) is 3.00. The lowest BCUT2D eigenvalue weighted by Gasteiger charge is -2.20. The highest BCUT2D eigenvalue weighted by Gasteiger charge is 2.22. The lowest BCUT2D eigenvalue weighted by atomic mass is 9.98. The second-order valence-electron chi connectivity index (χ2n) is 4.39. The van der Waals surface area contributed by atoms with Crippen LogP contribution in [0.15, 0.2) is 12.1 Å². The number of hydrogen-bond acceptors (Lipinski definition) is 3. The molecule has 0 saturated carbocycles. The molecule has 1 aliphatic rings. The standard InChI is InChI=1S/C12H15ClO3/c1-12(2,14)8-6-9(13)11-10(7-8)15-4-3-5-16-11/h6-7,14H,3-5H2,1-2H3. The summed E-state index contributed by atoms with van der Waals surface area (Å²) in [7, 11) is 0. The molecule has 1 aromatic carbocycles. The third-order valence-corrected chi connectivity index (χ3v) is 2.79. The van der Waals surface area contributed by atoms with Gasteiger partial charge in [-0.2, -0.15) is 0 Å². The molecular formula is C12H15ClO3. The molecule has 1 N–H and O–H groups in total. The SMILES string of the molecule is CC(C)(O)c1cc(Cl)c2c(c1)OCCCO2. The van der Waals surface area contributed by atoms with Gasteiger partial charge in [-0.3, -0.25) is 0 Å². The Bertz CT molecular complexity index is 396. The summed E-state index contributed by atoms with van der Waals surface area (Å²) in [6, 6.07) is 3.50. The maximum atomic E-state index is 9.93. The van der Waals surface area contributed by atoms with Gasteiger partial charge >= 0.3 is 0 Å². The van der Waals surface area contributed by atoms with Crippen molar-refractivity contribution in [2.75, 3.05) is 13.2 Å². The number of halogens is 1. The first-order valence-electron chi connectivity index (χ1n) is 5.30. The molecule has 0 amide bonds. The van der Waals surface area contributed by atoms with Crippen molar-refractivity contribution in [2.24, 2.45) is 0 Å². The third-order valence-electron chi connectivity index (χ3n) is 2.51. The second-order valence-corrected chi connectivity index (χ2v) is 4.80. The highest BCUT2D eigenvalue weighted by Crippen LogP contribution is 2.40. The minimum Gasteiger partial charge on any atom is -0.489 e. The van der Waals surface area contributed by atoms with E-state index in [0.717, 1.165) is 12.0 Å². The maximum absolute atomic E-state index is 9.93. The van der Waals surface area contributed by atoms with Crippen molar-refractivity contribution in [3.63, 3.8) is 0 Å². The summed E-state index contributed by atoms with van der Waals surface area (Å²) < 4.78 is 11.1. The molecule has 0 fully saturated rings. The molecular weight excluding hydrogens is 228 g/mol. The molecule has 1 aromatic rings. The lowest BCUT2D eigenvalue weighted by molar-refractivity contribution is 0.0782. The first-order valence-corrected chi connectivity index (χ1v) is 5.68. The maximum Gasteiger partial charge on any atom is 0.179 e. The molecule has 1 heterocycles. The predicted molar refractivity (Wildman–Crippen MR) is 62.3 cm³/mol. The van der Waals surface area contributed by atoms with Crippen molar-refractivity contribution in [1.82, 2.24) is 0 Å². The normalized spacial score (nSPS) is 15.8. The summed E-state index contributed by atoms with van der Waals surface area (Å²) >= 11 is 6.11. The Balaban J connectivity index is 2.48. The topological polar surface area (TPSA) is 38.7 Å². The van der Waals surface area contributed by atoms with E-state index in [1.807, 2.05) is 0 Å². The Hall–Kier alpha value is -0.930. The molecule has 0 bridgehead atoms. The number of benzene rings is 1. The van der Waals surface area contributed by atoms with E-state index in [1.54, 1.807) is 26.0 Å². The largest absolute Gasteiger partial charge is 0.489 e. The summed E-state index contributed by atoms with van der Waals surface area (Å²) in [6.45, 7) is 4.64. The molecule has 4 heteroatoms. The van der Waals surface area contributed by atoms with Gasteiger partial charge in [0.2, 0.25) is 0 Å². The lowest BCUT2D eigenvalue weighted by Crippen LogP contribution is -2.15. The zero-order valence-electron chi connectivity index (χ0n) is 9.42. The van der Waals surface area contributed by atoms with E-state index in [9.17, 15) is 5.11 Å². The first-order chi connectivity index (χ1) is 7.48. The van der Waals surface area contributed by atoms with Crippen molar-refractivity contribution in [3.8, 4) is 11.5 Å². The Morgan fingerprint density at radius 3 is 2.62 bits per heavy atom. The predicted octanol–water partition coefficient (Wildman–Crippen LogP) is 2.73. The Labute approximate surface area is 99.9 Å². The molecule has 3 nitrogen and oxygen atoms in total. The summed E-state index contributed by atoms with van der Waals surface area (Å²) in [4.78, 5) is 0. The fourth-order valence-electron chi connectivity index (χ4n) is 1.58.